The fraction of sp³-hybridized carbons (Fsp3) is 0.321. The molecule has 0 aliphatic carbocycles. The molecule has 8 nitrogen and oxygen atoms in total. The number of amides is 1. The fourth-order valence-corrected chi connectivity index (χ4v) is 7.23. The minimum atomic E-state index is -3.20. The lowest BCUT2D eigenvalue weighted by molar-refractivity contribution is 0.0748. The second-order valence-electron chi connectivity index (χ2n) is 10.1. The number of aromatic nitrogens is 3. The highest BCUT2D eigenvalue weighted by Gasteiger charge is 2.33. The van der Waals surface area contributed by atoms with Crippen LogP contribution in [-0.2, 0) is 9.84 Å². The summed E-state index contributed by atoms with van der Waals surface area (Å²) < 4.78 is 55.2. The Hall–Kier alpha value is -3.86. The largest absolute Gasteiger partial charge is 0.366 e. The van der Waals surface area contributed by atoms with Gasteiger partial charge in [0.1, 0.15) is 11.6 Å². The van der Waals surface area contributed by atoms with Gasteiger partial charge in [0.2, 0.25) is 0 Å². The van der Waals surface area contributed by atoms with Crippen molar-refractivity contribution in [1.82, 2.24) is 19.7 Å². The summed E-state index contributed by atoms with van der Waals surface area (Å²) >= 11 is 0. The number of piperazine rings is 1. The number of hydrogen-bond acceptors (Lipinski definition) is 6. The number of anilines is 1. The molecule has 2 saturated heterocycles. The Morgan fingerprint density at radius 3 is 2.33 bits per heavy atom. The zero-order chi connectivity index (χ0) is 27.3. The van der Waals surface area contributed by atoms with Crippen molar-refractivity contribution >= 4 is 32.5 Å². The van der Waals surface area contributed by atoms with E-state index in [-0.39, 0.29) is 34.5 Å². The number of fused-ring (bicyclic) bond motifs is 1. The maximum atomic E-state index is 14.8. The maximum absolute atomic E-state index is 14.8. The van der Waals surface area contributed by atoms with Crippen molar-refractivity contribution in [3.8, 4) is 11.3 Å². The van der Waals surface area contributed by atoms with Crippen LogP contribution in [0.3, 0.4) is 0 Å². The first-order chi connectivity index (χ1) is 18.7. The van der Waals surface area contributed by atoms with Crippen molar-refractivity contribution in [2.45, 2.75) is 19.4 Å². The smallest absolute Gasteiger partial charge is 0.254 e. The van der Waals surface area contributed by atoms with Gasteiger partial charge in [-0.1, -0.05) is 24.3 Å². The van der Waals surface area contributed by atoms with Gasteiger partial charge in [0, 0.05) is 31.7 Å². The number of halogens is 2. The van der Waals surface area contributed by atoms with Gasteiger partial charge in [-0.3, -0.25) is 4.79 Å². The van der Waals surface area contributed by atoms with Crippen molar-refractivity contribution < 1.29 is 22.0 Å². The molecule has 2 aromatic carbocycles. The number of pyridine rings is 1. The zero-order valence-electron chi connectivity index (χ0n) is 21.3. The molecule has 6 rings (SSSR count). The van der Waals surface area contributed by atoms with Crippen LogP contribution in [0.25, 0.3) is 22.3 Å². The predicted octanol–water partition coefficient (Wildman–Crippen LogP) is 4.01. The molecule has 2 fully saturated rings. The first-order valence-corrected chi connectivity index (χ1v) is 14.7. The van der Waals surface area contributed by atoms with E-state index in [9.17, 15) is 22.0 Å². The number of carbonyl (C=O) groups excluding carboxylic acids is 1. The van der Waals surface area contributed by atoms with E-state index in [4.69, 9.17) is 4.98 Å². The number of aryl methyl sites for hydroxylation is 1. The van der Waals surface area contributed by atoms with Crippen LogP contribution < -0.4 is 4.90 Å². The number of benzene rings is 2. The molecule has 4 aromatic rings. The summed E-state index contributed by atoms with van der Waals surface area (Å²) in [6.07, 6.45) is 0.394. The summed E-state index contributed by atoms with van der Waals surface area (Å²) in [7, 11) is -3.20. The molecule has 0 N–H and O–H groups in total. The van der Waals surface area contributed by atoms with E-state index in [0.29, 0.717) is 60.6 Å². The van der Waals surface area contributed by atoms with Crippen molar-refractivity contribution in [3.05, 3.63) is 77.5 Å². The number of hydrogen-bond donors (Lipinski definition) is 0. The quantitative estimate of drug-likeness (QED) is 0.381. The molecular formula is C28H27F2N5O3S. The average Bonchev–Trinajstić information content (AvgIpc) is 3.47. The molecule has 202 valence electrons. The van der Waals surface area contributed by atoms with E-state index in [2.05, 4.69) is 5.10 Å². The Morgan fingerprint density at radius 1 is 0.974 bits per heavy atom. The van der Waals surface area contributed by atoms with E-state index in [1.165, 1.54) is 12.1 Å². The summed E-state index contributed by atoms with van der Waals surface area (Å²) in [5.41, 5.74) is 2.26. The Balaban J connectivity index is 1.40. The second-order valence-corrected chi connectivity index (χ2v) is 12.3. The average molecular weight is 552 g/mol. The van der Waals surface area contributed by atoms with E-state index in [1.54, 1.807) is 59.0 Å². The number of para-hydroxylation sites is 1. The lowest BCUT2D eigenvalue weighted by Crippen LogP contribution is -2.49. The monoisotopic (exact) mass is 551 g/mol. The van der Waals surface area contributed by atoms with Crippen LogP contribution in [0.1, 0.15) is 28.5 Å². The SMILES string of the molecule is Cc1nn(C2CCS(=O)(=O)C2)c2nc(-c3ccccc3F)cc(C(=O)N3CCN(c4ccccc4F)CC3)c12. The molecule has 39 heavy (non-hydrogen) atoms. The van der Waals surface area contributed by atoms with Crippen molar-refractivity contribution in [2.24, 2.45) is 0 Å². The Kier molecular flexibility index (Phi) is 6.33. The third-order valence-electron chi connectivity index (χ3n) is 7.53. The summed E-state index contributed by atoms with van der Waals surface area (Å²) in [4.78, 5) is 22.3. The summed E-state index contributed by atoms with van der Waals surface area (Å²) in [5.74, 6) is -1.04. The van der Waals surface area contributed by atoms with Gasteiger partial charge in [-0.25, -0.2) is 26.9 Å². The van der Waals surface area contributed by atoms with Gasteiger partial charge in [0.05, 0.1) is 45.6 Å². The Bertz CT molecular complexity index is 1700. The standard InChI is InChI=1S/C28H27F2N5O3S/c1-18-26-21(28(36)34-13-11-33(12-14-34)25-9-5-4-8-23(25)30)16-24(20-6-2-3-7-22(20)29)31-27(26)35(32-18)19-10-15-39(37,38)17-19/h2-9,16,19H,10-15,17H2,1H3. The Labute approximate surface area is 224 Å². The fourth-order valence-electron chi connectivity index (χ4n) is 5.54. The molecule has 4 heterocycles. The minimum absolute atomic E-state index is 0.0587. The molecular weight excluding hydrogens is 524 g/mol. The van der Waals surface area contributed by atoms with Gasteiger partial charge in [0.25, 0.3) is 5.91 Å². The van der Waals surface area contributed by atoms with Crippen LogP contribution in [0.2, 0.25) is 0 Å². The van der Waals surface area contributed by atoms with Crippen LogP contribution in [0, 0.1) is 18.6 Å². The molecule has 0 bridgehead atoms. The molecule has 1 unspecified atom stereocenters. The predicted molar refractivity (Wildman–Crippen MR) is 144 cm³/mol. The Morgan fingerprint density at radius 2 is 1.67 bits per heavy atom. The second kappa shape index (κ2) is 9.71. The molecule has 0 saturated carbocycles. The topological polar surface area (TPSA) is 88.4 Å². The van der Waals surface area contributed by atoms with Gasteiger partial charge in [0.15, 0.2) is 15.5 Å². The van der Waals surface area contributed by atoms with Crippen molar-refractivity contribution in [2.75, 3.05) is 42.6 Å². The molecule has 0 radical (unpaired) electrons. The molecule has 2 aliphatic rings. The van der Waals surface area contributed by atoms with E-state index >= 15 is 0 Å². The lowest BCUT2D eigenvalue weighted by atomic mass is 10.0. The van der Waals surface area contributed by atoms with Crippen LogP contribution in [0.5, 0.6) is 0 Å². The number of carbonyl (C=O) groups is 1. The van der Waals surface area contributed by atoms with E-state index < -0.39 is 21.7 Å². The molecule has 2 aromatic heterocycles. The highest BCUT2D eigenvalue weighted by Crippen LogP contribution is 2.33. The number of rotatable bonds is 4. The van der Waals surface area contributed by atoms with Gasteiger partial charge in [-0.15, -0.1) is 0 Å². The zero-order valence-corrected chi connectivity index (χ0v) is 22.2. The first kappa shape index (κ1) is 25.4. The molecule has 1 amide bonds. The van der Waals surface area contributed by atoms with Crippen LogP contribution in [0.4, 0.5) is 14.5 Å². The van der Waals surface area contributed by atoms with Gasteiger partial charge in [-0.05, 0) is 43.7 Å². The van der Waals surface area contributed by atoms with Crippen molar-refractivity contribution in [3.63, 3.8) is 0 Å². The number of nitrogens with zero attached hydrogens (tertiary/aromatic N) is 5. The highest BCUT2D eigenvalue weighted by molar-refractivity contribution is 7.91. The normalized spacial score (nSPS) is 19.1. The van der Waals surface area contributed by atoms with Crippen LogP contribution >= 0.6 is 0 Å². The minimum Gasteiger partial charge on any atom is -0.366 e. The maximum Gasteiger partial charge on any atom is 0.254 e. The molecule has 0 spiro atoms. The first-order valence-electron chi connectivity index (χ1n) is 12.9. The number of sulfone groups is 1. The van der Waals surface area contributed by atoms with Gasteiger partial charge in [-0.2, -0.15) is 5.10 Å². The van der Waals surface area contributed by atoms with Gasteiger partial charge < -0.3 is 9.80 Å². The third-order valence-corrected chi connectivity index (χ3v) is 9.28. The summed E-state index contributed by atoms with van der Waals surface area (Å²) in [5, 5.41) is 5.15. The lowest BCUT2D eigenvalue weighted by Gasteiger charge is -2.36. The van der Waals surface area contributed by atoms with E-state index in [1.807, 2.05) is 4.90 Å². The third kappa shape index (κ3) is 4.64. The van der Waals surface area contributed by atoms with Crippen LogP contribution in [0.15, 0.2) is 54.6 Å². The van der Waals surface area contributed by atoms with Crippen molar-refractivity contribution in [1.29, 1.82) is 0 Å². The summed E-state index contributed by atoms with van der Waals surface area (Å²) in [6, 6.07) is 13.9. The molecule has 1 atom stereocenters. The summed E-state index contributed by atoms with van der Waals surface area (Å²) in [6.45, 7) is 3.43. The molecule has 2 aliphatic heterocycles. The highest BCUT2D eigenvalue weighted by atomic mass is 32.2. The van der Waals surface area contributed by atoms with Gasteiger partial charge >= 0.3 is 0 Å². The van der Waals surface area contributed by atoms with E-state index in [0.717, 1.165) is 0 Å². The van der Waals surface area contributed by atoms with Crippen LogP contribution in [-0.4, -0.2) is 71.7 Å². The molecule has 11 heteroatoms.